The summed E-state index contributed by atoms with van der Waals surface area (Å²) < 4.78 is 12.2. The van der Waals surface area contributed by atoms with Gasteiger partial charge in [0.05, 0.1) is 11.9 Å². The Kier molecular flexibility index (Phi) is 7.88. The Morgan fingerprint density at radius 2 is 1.95 bits per heavy atom. The van der Waals surface area contributed by atoms with Crippen LogP contribution < -0.4 is 4.74 Å². The van der Waals surface area contributed by atoms with Gasteiger partial charge in [0.1, 0.15) is 24.3 Å². The van der Waals surface area contributed by atoms with Gasteiger partial charge < -0.3 is 14.6 Å². The molecule has 0 radical (unpaired) electrons. The van der Waals surface area contributed by atoms with E-state index in [4.69, 9.17) is 9.47 Å². The number of ketones is 1. The minimum atomic E-state index is -0.680. The summed E-state index contributed by atoms with van der Waals surface area (Å²) in [6.45, 7) is 12.5. The molecule has 0 aromatic carbocycles. The Labute approximate surface area is 236 Å². The Morgan fingerprint density at radius 3 is 2.67 bits per heavy atom. The van der Waals surface area contributed by atoms with Crippen molar-refractivity contribution in [2.45, 2.75) is 109 Å². The molecule has 4 aliphatic carbocycles. The molecule has 0 aliphatic heterocycles. The fourth-order valence-electron chi connectivity index (χ4n) is 8.37. The summed E-state index contributed by atoms with van der Waals surface area (Å²) in [4.78, 5) is 39.6. The Bertz CT molecular complexity index is 1110. The lowest BCUT2D eigenvalue weighted by Gasteiger charge is -2.61. The van der Waals surface area contributed by atoms with E-state index in [1.54, 1.807) is 0 Å². The van der Waals surface area contributed by atoms with Gasteiger partial charge in [-0.25, -0.2) is 4.98 Å². The third-order valence-corrected chi connectivity index (χ3v) is 11.8. The fraction of sp³-hybridized carbons (Fsp3) is 0.767. The van der Waals surface area contributed by atoms with Crippen molar-refractivity contribution in [1.29, 1.82) is 0 Å². The van der Waals surface area contributed by atoms with E-state index in [1.165, 1.54) is 18.1 Å². The molecule has 0 amide bonds. The molecule has 39 heavy (non-hydrogen) atoms. The van der Waals surface area contributed by atoms with Crippen LogP contribution in [0.15, 0.2) is 24.1 Å². The summed E-state index contributed by atoms with van der Waals surface area (Å²) in [6.07, 6.45) is 10.0. The smallest absolute Gasteiger partial charge is 0.320 e. The molecule has 5 rings (SSSR count). The Morgan fingerprint density at radius 1 is 1.21 bits per heavy atom. The lowest BCUT2D eigenvalue weighted by molar-refractivity contribution is -0.205. The number of rotatable bonds is 7. The maximum atomic E-state index is 13.5. The number of hydrogen-bond donors (Lipinski definition) is 1. The largest absolute Gasteiger partial charge is 0.461 e. The summed E-state index contributed by atoms with van der Waals surface area (Å²) in [5, 5.41) is 12.1. The van der Waals surface area contributed by atoms with E-state index in [2.05, 4.69) is 42.3 Å². The zero-order valence-electron chi connectivity index (χ0n) is 23.7. The number of Topliss-reactive ketones (excluding diaryl/α,β-unsaturated/α-hetero) is 1. The number of aliphatic hydroxyl groups is 1. The van der Waals surface area contributed by atoms with Crippen LogP contribution >= 0.6 is 11.8 Å². The molecule has 4 fully saturated rings. The number of carbonyl (C=O) groups excluding carboxylic acids is 2. The summed E-state index contributed by atoms with van der Waals surface area (Å²) in [6, 6.07) is 0.289. The molecule has 1 aromatic heterocycles. The number of aromatic nitrogens is 3. The van der Waals surface area contributed by atoms with Gasteiger partial charge in [-0.3, -0.25) is 9.59 Å². The molecule has 214 valence electrons. The number of ether oxygens (including phenoxy) is 2. The first-order chi connectivity index (χ1) is 18.5. The molecule has 9 heteroatoms. The molecule has 0 unspecified atom stereocenters. The lowest BCUT2D eigenvalue weighted by Crippen LogP contribution is -2.63. The first-order valence-electron chi connectivity index (χ1n) is 14.6. The molecule has 4 aliphatic rings. The van der Waals surface area contributed by atoms with Crippen LogP contribution in [0.2, 0.25) is 0 Å². The highest BCUT2D eigenvalue weighted by atomic mass is 32.2. The molecule has 1 N–H and O–H groups in total. The minimum Gasteiger partial charge on any atom is -0.461 e. The second kappa shape index (κ2) is 10.8. The third kappa shape index (κ3) is 4.92. The van der Waals surface area contributed by atoms with Crippen LogP contribution in [0.3, 0.4) is 0 Å². The van der Waals surface area contributed by atoms with E-state index in [0.717, 1.165) is 44.9 Å². The highest BCUT2D eigenvalue weighted by Crippen LogP contribution is 2.68. The third-order valence-electron chi connectivity index (χ3n) is 11.0. The second-order valence-corrected chi connectivity index (χ2v) is 13.9. The zero-order valence-corrected chi connectivity index (χ0v) is 24.5. The zero-order chi connectivity index (χ0) is 28.0. The molecule has 0 saturated heterocycles. The van der Waals surface area contributed by atoms with Gasteiger partial charge in [-0.05, 0) is 68.6 Å². The van der Waals surface area contributed by atoms with E-state index in [1.807, 2.05) is 13.0 Å². The van der Waals surface area contributed by atoms with Crippen LogP contribution in [0.1, 0.15) is 85.5 Å². The molecule has 4 saturated carbocycles. The van der Waals surface area contributed by atoms with Crippen LogP contribution in [0, 0.1) is 34.0 Å². The molecule has 8 nitrogen and oxygen atoms in total. The van der Waals surface area contributed by atoms with Crippen molar-refractivity contribution in [3.8, 4) is 6.01 Å². The molecule has 0 spiro atoms. The maximum absolute atomic E-state index is 13.5. The number of esters is 1. The highest BCUT2D eigenvalue weighted by molar-refractivity contribution is 7.99. The molecule has 1 heterocycles. The highest BCUT2D eigenvalue weighted by Gasteiger charge is 2.68. The number of aliphatic hydroxyl groups excluding tert-OH is 1. The van der Waals surface area contributed by atoms with Crippen LogP contribution in [0.4, 0.5) is 0 Å². The van der Waals surface area contributed by atoms with Crippen LogP contribution in [0.5, 0.6) is 6.01 Å². The minimum absolute atomic E-state index is 0.0291. The van der Waals surface area contributed by atoms with E-state index in [0.29, 0.717) is 18.0 Å². The first-order valence-corrected chi connectivity index (χ1v) is 15.5. The quantitative estimate of drug-likeness (QED) is 0.275. The number of nitrogens with zero attached hydrogens (tertiary/aromatic N) is 3. The van der Waals surface area contributed by atoms with Crippen molar-refractivity contribution < 1.29 is 24.2 Å². The summed E-state index contributed by atoms with van der Waals surface area (Å²) in [5.41, 5.74) is -1.47. The van der Waals surface area contributed by atoms with Crippen molar-refractivity contribution in [2.24, 2.45) is 34.0 Å². The predicted octanol–water partition coefficient (Wildman–Crippen LogP) is 5.19. The summed E-state index contributed by atoms with van der Waals surface area (Å²) >= 11 is 1.19. The number of thioether (sulfide) groups is 1. The van der Waals surface area contributed by atoms with E-state index in [-0.39, 0.29) is 52.8 Å². The standard InChI is InChI=1S/C30H43N3O5S/c1-6-28(4)15-22(29(5)18(2)11-13-30(19(3)25(28)36)14-12-21(34)24(29)30)38-23(35)16-39-27-32-17-31-26(33-27)37-20-9-7-8-10-20/h6,17-20,22,24-25,36H,1,7-16H2,2-5H3/t18-,19+,22-,24+,25+,28-,29+,30+/m1/s1. The van der Waals surface area contributed by atoms with Crippen LogP contribution in [0.25, 0.3) is 0 Å². The van der Waals surface area contributed by atoms with Crippen molar-refractivity contribution in [3.05, 3.63) is 19.0 Å². The van der Waals surface area contributed by atoms with Crippen molar-refractivity contribution in [1.82, 2.24) is 15.0 Å². The van der Waals surface area contributed by atoms with Gasteiger partial charge in [0.2, 0.25) is 0 Å². The van der Waals surface area contributed by atoms with E-state index < -0.39 is 23.0 Å². The first kappa shape index (κ1) is 28.5. The Hall–Kier alpha value is -2.00. The molecule has 8 atom stereocenters. The number of carbonyl (C=O) groups is 2. The van der Waals surface area contributed by atoms with E-state index >= 15 is 0 Å². The van der Waals surface area contributed by atoms with E-state index in [9.17, 15) is 14.7 Å². The maximum Gasteiger partial charge on any atom is 0.320 e. The second-order valence-electron chi connectivity index (χ2n) is 12.9. The molecular weight excluding hydrogens is 514 g/mol. The fourth-order valence-corrected chi connectivity index (χ4v) is 8.95. The van der Waals surface area contributed by atoms with Gasteiger partial charge in [-0.2, -0.15) is 9.97 Å². The topological polar surface area (TPSA) is 112 Å². The Balaban J connectivity index is 1.37. The SMILES string of the molecule is C=C[C@]1(C)C[C@@H](OC(=O)CSc2ncnc(OC3CCCC3)n2)[C@]2(C)[C@H](C)CC[C@]3(CCC(=O)[C@H]32)[C@@H](C)[C@@H]1O. The normalized spacial score (nSPS) is 40.4. The molecule has 2 bridgehead atoms. The molecule has 1 aromatic rings. The average Bonchev–Trinajstić information content (AvgIpc) is 3.56. The number of hydrogen-bond acceptors (Lipinski definition) is 9. The van der Waals surface area contributed by atoms with Gasteiger partial charge in [0.15, 0.2) is 5.16 Å². The lowest BCUT2D eigenvalue weighted by atomic mass is 9.44. The predicted molar refractivity (Wildman–Crippen MR) is 148 cm³/mol. The average molecular weight is 558 g/mol. The van der Waals surface area contributed by atoms with Gasteiger partial charge in [-0.1, -0.05) is 45.5 Å². The summed E-state index contributed by atoms with van der Waals surface area (Å²) in [5.74, 6) is -0.202. The van der Waals surface area contributed by atoms with Gasteiger partial charge in [-0.15, -0.1) is 6.58 Å². The molecular formula is C30H43N3O5S. The van der Waals surface area contributed by atoms with Gasteiger partial charge >= 0.3 is 12.0 Å². The monoisotopic (exact) mass is 557 g/mol. The van der Waals surface area contributed by atoms with Crippen LogP contribution in [-0.4, -0.2) is 55.9 Å². The van der Waals surface area contributed by atoms with Crippen molar-refractivity contribution >= 4 is 23.5 Å². The van der Waals surface area contributed by atoms with Gasteiger partial charge in [0.25, 0.3) is 0 Å². The van der Waals surface area contributed by atoms with Gasteiger partial charge in [0, 0.05) is 23.2 Å². The van der Waals surface area contributed by atoms with Crippen molar-refractivity contribution in [3.63, 3.8) is 0 Å². The summed E-state index contributed by atoms with van der Waals surface area (Å²) in [7, 11) is 0. The van der Waals surface area contributed by atoms with Crippen LogP contribution in [-0.2, 0) is 14.3 Å². The van der Waals surface area contributed by atoms with Crippen molar-refractivity contribution in [2.75, 3.05) is 5.75 Å².